The molecule has 0 heterocycles. The van der Waals surface area contributed by atoms with Gasteiger partial charge in [-0.25, -0.2) is 0 Å². The summed E-state index contributed by atoms with van der Waals surface area (Å²) < 4.78 is 0. The van der Waals surface area contributed by atoms with Crippen molar-refractivity contribution in [3.63, 3.8) is 0 Å². The number of benzene rings is 1. The summed E-state index contributed by atoms with van der Waals surface area (Å²) in [6, 6.07) is 6.46. The third-order valence-corrected chi connectivity index (χ3v) is 2.47. The number of nitrogen functional groups attached to an aromatic ring is 1. The number of hydrogen-bond acceptors (Lipinski definition) is 2. The minimum absolute atomic E-state index is 0.581. The molecule has 0 saturated heterocycles. The summed E-state index contributed by atoms with van der Waals surface area (Å²) in [5, 5.41) is 0. The average Bonchev–Trinajstić information content (AvgIpc) is 2.18. The largest absolute Gasteiger partial charge is 0.324 e. The van der Waals surface area contributed by atoms with E-state index in [0.717, 1.165) is 18.5 Å². The Labute approximate surface area is 86.5 Å². The van der Waals surface area contributed by atoms with E-state index >= 15 is 0 Å². The smallest absolute Gasteiger partial charge is 0.0517 e. The Hall–Kier alpha value is -1.02. The van der Waals surface area contributed by atoms with Crippen molar-refractivity contribution in [1.29, 1.82) is 0 Å². The molecule has 0 bridgehead atoms. The molecule has 0 radical (unpaired) electrons. The second-order valence-corrected chi connectivity index (χ2v) is 3.97. The van der Waals surface area contributed by atoms with Gasteiger partial charge in [0.1, 0.15) is 0 Å². The van der Waals surface area contributed by atoms with Crippen molar-refractivity contribution in [2.24, 2.45) is 5.84 Å². The van der Waals surface area contributed by atoms with Gasteiger partial charge in [0.15, 0.2) is 0 Å². The summed E-state index contributed by atoms with van der Waals surface area (Å²) in [6.45, 7) is 6.60. The van der Waals surface area contributed by atoms with Gasteiger partial charge in [-0.05, 0) is 29.5 Å². The average molecular weight is 192 g/mol. The van der Waals surface area contributed by atoms with Gasteiger partial charge in [0.05, 0.1) is 5.69 Å². The Morgan fingerprint density at radius 3 is 2.57 bits per heavy atom. The fourth-order valence-corrected chi connectivity index (χ4v) is 1.59. The van der Waals surface area contributed by atoms with Gasteiger partial charge in [0, 0.05) is 0 Å². The van der Waals surface area contributed by atoms with Crippen LogP contribution >= 0.6 is 0 Å². The summed E-state index contributed by atoms with van der Waals surface area (Å²) in [5.41, 5.74) is 6.50. The van der Waals surface area contributed by atoms with Crippen molar-refractivity contribution >= 4 is 5.69 Å². The zero-order valence-electron chi connectivity index (χ0n) is 9.30. The second-order valence-electron chi connectivity index (χ2n) is 3.97. The molecule has 0 saturated carbocycles. The van der Waals surface area contributed by atoms with Gasteiger partial charge in [-0.1, -0.05) is 39.3 Å². The predicted octanol–water partition coefficient (Wildman–Crippen LogP) is 3.05. The van der Waals surface area contributed by atoms with Crippen LogP contribution in [0.5, 0.6) is 0 Å². The fraction of sp³-hybridized carbons (Fsp3) is 0.500. The highest BCUT2D eigenvalue weighted by atomic mass is 15.2. The molecule has 0 fully saturated rings. The standard InChI is InChI=1S/C12H20N2/c1-4-5-11-8-10(9(2)3)6-7-12(11)14-13/h6-9,14H,4-5,13H2,1-3H3. The summed E-state index contributed by atoms with van der Waals surface area (Å²) in [4.78, 5) is 0. The first kappa shape index (κ1) is 11.1. The normalized spacial score (nSPS) is 10.6. The highest BCUT2D eigenvalue weighted by Gasteiger charge is 2.04. The minimum atomic E-state index is 0.581. The van der Waals surface area contributed by atoms with Crippen LogP contribution in [-0.4, -0.2) is 0 Å². The van der Waals surface area contributed by atoms with E-state index in [9.17, 15) is 0 Å². The predicted molar refractivity (Wildman–Crippen MR) is 62.3 cm³/mol. The molecule has 0 aromatic heterocycles. The first-order valence-electron chi connectivity index (χ1n) is 5.28. The number of nitrogens with one attached hydrogen (secondary N) is 1. The maximum Gasteiger partial charge on any atom is 0.0517 e. The van der Waals surface area contributed by atoms with Gasteiger partial charge in [-0.2, -0.15) is 0 Å². The summed E-state index contributed by atoms with van der Waals surface area (Å²) >= 11 is 0. The van der Waals surface area contributed by atoms with Gasteiger partial charge >= 0.3 is 0 Å². The van der Waals surface area contributed by atoms with Crippen molar-refractivity contribution < 1.29 is 0 Å². The minimum Gasteiger partial charge on any atom is -0.324 e. The molecule has 0 atom stereocenters. The molecule has 2 nitrogen and oxygen atoms in total. The molecule has 1 rings (SSSR count). The molecule has 2 heteroatoms. The van der Waals surface area contributed by atoms with E-state index in [2.05, 4.69) is 44.4 Å². The van der Waals surface area contributed by atoms with Crippen LogP contribution in [0, 0.1) is 0 Å². The van der Waals surface area contributed by atoms with E-state index in [-0.39, 0.29) is 0 Å². The lowest BCUT2D eigenvalue weighted by molar-refractivity contribution is 0.854. The molecule has 0 aliphatic carbocycles. The van der Waals surface area contributed by atoms with Crippen molar-refractivity contribution in [3.05, 3.63) is 29.3 Å². The van der Waals surface area contributed by atoms with Crippen LogP contribution in [0.2, 0.25) is 0 Å². The van der Waals surface area contributed by atoms with E-state index in [1.807, 2.05) is 0 Å². The lowest BCUT2D eigenvalue weighted by atomic mass is 9.98. The van der Waals surface area contributed by atoms with Crippen molar-refractivity contribution in [2.45, 2.75) is 39.5 Å². The van der Waals surface area contributed by atoms with Gasteiger partial charge in [-0.15, -0.1) is 0 Å². The first-order valence-corrected chi connectivity index (χ1v) is 5.28. The maximum absolute atomic E-state index is 5.46. The summed E-state index contributed by atoms with van der Waals surface area (Å²) in [6.07, 6.45) is 2.23. The van der Waals surface area contributed by atoms with Crippen LogP contribution in [0.25, 0.3) is 0 Å². The first-order chi connectivity index (χ1) is 6.69. The van der Waals surface area contributed by atoms with Gasteiger partial charge in [0.25, 0.3) is 0 Å². The zero-order valence-corrected chi connectivity index (χ0v) is 9.30. The van der Waals surface area contributed by atoms with Crippen molar-refractivity contribution in [2.75, 3.05) is 5.43 Å². The molecule has 0 spiro atoms. The Morgan fingerprint density at radius 2 is 2.07 bits per heavy atom. The Kier molecular flexibility index (Phi) is 3.96. The molecule has 14 heavy (non-hydrogen) atoms. The zero-order chi connectivity index (χ0) is 10.6. The lowest BCUT2D eigenvalue weighted by Gasteiger charge is -2.12. The van der Waals surface area contributed by atoms with Crippen LogP contribution in [0.3, 0.4) is 0 Å². The number of anilines is 1. The second kappa shape index (κ2) is 5.01. The highest BCUT2D eigenvalue weighted by molar-refractivity contribution is 5.52. The Bertz CT molecular complexity index is 292. The highest BCUT2D eigenvalue weighted by Crippen LogP contribution is 2.22. The number of rotatable bonds is 4. The van der Waals surface area contributed by atoms with Gasteiger partial charge in [0.2, 0.25) is 0 Å². The third-order valence-electron chi connectivity index (χ3n) is 2.47. The van der Waals surface area contributed by atoms with E-state index < -0.39 is 0 Å². The molecule has 1 aromatic carbocycles. The molecular formula is C12H20N2. The van der Waals surface area contributed by atoms with Gasteiger partial charge in [-0.3, -0.25) is 5.84 Å². The van der Waals surface area contributed by atoms with Gasteiger partial charge < -0.3 is 5.43 Å². The molecule has 78 valence electrons. The van der Waals surface area contributed by atoms with E-state index in [1.54, 1.807) is 0 Å². The van der Waals surface area contributed by atoms with Crippen LogP contribution in [0.15, 0.2) is 18.2 Å². The van der Waals surface area contributed by atoms with Crippen LogP contribution in [0.4, 0.5) is 5.69 Å². The molecule has 1 aromatic rings. The number of hydrazine groups is 1. The molecular weight excluding hydrogens is 172 g/mol. The number of aryl methyl sites for hydroxylation is 1. The van der Waals surface area contributed by atoms with Crippen LogP contribution in [-0.2, 0) is 6.42 Å². The third kappa shape index (κ3) is 2.48. The molecule has 0 unspecified atom stereocenters. The lowest BCUT2D eigenvalue weighted by Crippen LogP contribution is -2.09. The monoisotopic (exact) mass is 192 g/mol. The molecule has 3 N–H and O–H groups in total. The fourth-order valence-electron chi connectivity index (χ4n) is 1.59. The maximum atomic E-state index is 5.46. The SMILES string of the molecule is CCCc1cc(C(C)C)ccc1NN. The van der Waals surface area contributed by atoms with E-state index in [4.69, 9.17) is 5.84 Å². The summed E-state index contributed by atoms with van der Waals surface area (Å²) in [7, 11) is 0. The van der Waals surface area contributed by atoms with Crippen LogP contribution in [0.1, 0.15) is 44.2 Å². The molecule has 0 amide bonds. The molecule has 0 aliphatic rings. The van der Waals surface area contributed by atoms with Crippen molar-refractivity contribution in [3.8, 4) is 0 Å². The van der Waals surface area contributed by atoms with E-state index in [1.165, 1.54) is 11.1 Å². The van der Waals surface area contributed by atoms with E-state index in [0.29, 0.717) is 5.92 Å². The number of nitrogens with two attached hydrogens (primary N) is 1. The van der Waals surface area contributed by atoms with Crippen LogP contribution < -0.4 is 11.3 Å². The number of hydrogen-bond donors (Lipinski definition) is 2. The quantitative estimate of drug-likeness (QED) is 0.568. The summed E-state index contributed by atoms with van der Waals surface area (Å²) in [5.74, 6) is 6.04. The van der Waals surface area contributed by atoms with Crippen molar-refractivity contribution in [1.82, 2.24) is 0 Å². The molecule has 0 aliphatic heterocycles. The topological polar surface area (TPSA) is 38.0 Å². The Balaban J connectivity index is 3.01. The Morgan fingerprint density at radius 1 is 1.36 bits per heavy atom.